The minimum Gasteiger partial charge on any atom is -0.337 e. The maximum absolute atomic E-state index is 13.2. The molecule has 1 fully saturated rings. The third kappa shape index (κ3) is 3.00. The van der Waals surface area contributed by atoms with E-state index in [0.717, 1.165) is 49.6 Å². The number of nitrogens with zero attached hydrogens (tertiary/aromatic N) is 6. The van der Waals surface area contributed by atoms with Crippen LogP contribution in [0, 0.1) is 0 Å². The molecule has 0 radical (unpaired) electrons. The number of rotatable bonds is 3. The maximum Gasteiger partial charge on any atom is 0.274 e. The van der Waals surface area contributed by atoms with Gasteiger partial charge in [0.2, 0.25) is 0 Å². The van der Waals surface area contributed by atoms with Crippen molar-refractivity contribution in [3.63, 3.8) is 0 Å². The molecule has 1 aliphatic carbocycles. The molecule has 1 aliphatic heterocycles. The number of nitrogens with one attached hydrogen (secondary N) is 1. The zero-order chi connectivity index (χ0) is 20.2. The molecule has 1 N–H and O–H groups in total. The van der Waals surface area contributed by atoms with Crippen LogP contribution in [0.5, 0.6) is 0 Å². The van der Waals surface area contributed by atoms with Crippen molar-refractivity contribution in [3.8, 4) is 0 Å². The van der Waals surface area contributed by atoms with Crippen LogP contribution in [0.3, 0.4) is 0 Å². The van der Waals surface area contributed by atoms with Crippen molar-refractivity contribution in [1.29, 1.82) is 0 Å². The van der Waals surface area contributed by atoms with Gasteiger partial charge in [0.15, 0.2) is 15.5 Å². The minimum atomic E-state index is -3.51. The van der Waals surface area contributed by atoms with Crippen molar-refractivity contribution in [2.45, 2.75) is 42.9 Å². The van der Waals surface area contributed by atoms with Gasteiger partial charge in [0.1, 0.15) is 11.2 Å². The Kier molecular flexibility index (Phi) is 4.16. The van der Waals surface area contributed by atoms with E-state index in [2.05, 4.69) is 25.3 Å². The molecule has 5 rings (SSSR count). The maximum atomic E-state index is 13.2. The SMILES string of the molecule is CS(=O)(=O)c1cnc2ncnn2c1[C@@H]1CCCN(C(=O)c2n[nH]c3c2CCC3)C1. The van der Waals surface area contributed by atoms with Crippen molar-refractivity contribution in [1.82, 2.24) is 34.7 Å². The fourth-order valence-corrected chi connectivity index (χ4v) is 5.35. The van der Waals surface area contributed by atoms with Gasteiger partial charge in [-0.3, -0.25) is 9.89 Å². The largest absolute Gasteiger partial charge is 0.337 e. The van der Waals surface area contributed by atoms with Gasteiger partial charge in [0.25, 0.3) is 11.7 Å². The second-order valence-corrected chi connectivity index (χ2v) is 9.71. The number of aryl methyl sites for hydroxylation is 1. The summed E-state index contributed by atoms with van der Waals surface area (Å²) in [5, 5.41) is 11.4. The average Bonchev–Trinajstić information content (AvgIpc) is 3.42. The first kappa shape index (κ1) is 18.2. The van der Waals surface area contributed by atoms with Gasteiger partial charge >= 0.3 is 0 Å². The first-order valence-corrected chi connectivity index (χ1v) is 11.6. The van der Waals surface area contributed by atoms with Gasteiger partial charge in [-0.1, -0.05) is 0 Å². The molecule has 4 heterocycles. The molecule has 0 aromatic carbocycles. The Morgan fingerprint density at radius 2 is 2.10 bits per heavy atom. The zero-order valence-electron chi connectivity index (χ0n) is 16.0. The Balaban J connectivity index is 1.51. The highest BCUT2D eigenvalue weighted by molar-refractivity contribution is 7.90. The molecule has 152 valence electrons. The van der Waals surface area contributed by atoms with E-state index in [1.54, 1.807) is 4.90 Å². The molecular formula is C18H21N7O3S. The summed E-state index contributed by atoms with van der Waals surface area (Å²) in [6.45, 7) is 1.03. The van der Waals surface area contributed by atoms with E-state index < -0.39 is 9.84 Å². The number of H-pyrrole nitrogens is 1. The molecule has 3 aromatic heterocycles. The molecule has 11 heteroatoms. The van der Waals surface area contributed by atoms with E-state index in [4.69, 9.17) is 0 Å². The number of amides is 1. The number of aromatic amines is 1. The number of likely N-dealkylation sites (tertiary alicyclic amines) is 1. The first-order chi connectivity index (χ1) is 13.9. The number of carbonyl (C=O) groups is 1. The van der Waals surface area contributed by atoms with Gasteiger partial charge in [-0.25, -0.2) is 13.4 Å². The molecule has 0 unspecified atom stereocenters. The molecule has 0 saturated carbocycles. The van der Waals surface area contributed by atoms with Crippen LogP contribution in [0.15, 0.2) is 17.4 Å². The van der Waals surface area contributed by atoms with Crippen molar-refractivity contribution >= 4 is 21.5 Å². The van der Waals surface area contributed by atoms with Crippen molar-refractivity contribution < 1.29 is 13.2 Å². The van der Waals surface area contributed by atoms with E-state index in [0.29, 0.717) is 30.3 Å². The Bertz CT molecular complexity index is 1210. The molecule has 0 spiro atoms. The van der Waals surface area contributed by atoms with E-state index >= 15 is 0 Å². The van der Waals surface area contributed by atoms with Gasteiger partial charge in [0.05, 0.1) is 11.9 Å². The molecule has 10 nitrogen and oxygen atoms in total. The molecule has 3 aromatic rings. The lowest BCUT2D eigenvalue weighted by molar-refractivity contribution is 0.0697. The van der Waals surface area contributed by atoms with Crippen LogP contribution in [0.4, 0.5) is 0 Å². The monoisotopic (exact) mass is 415 g/mol. The van der Waals surface area contributed by atoms with Crippen molar-refractivity contribution in [2.24, 2.45) is 0 Å². The van der Waals surface area contributed by atoms with Gasteiger partial charge in [-0.15, -0.1) is 0 Å². The summed E-state index contributed by atoms with van der Waals surface area (Å²) in [4.78, 5) is 23.3. The highest BCUT2D eigenvalue weighted by atomic mass is 32.2. The van der Waals surface area contributed by atoms with Crippen molar-refractivity contribution in [2.75, 3.05) is 19.3 Å². The number of carbonyl (C=O) groups excluding carboxylic acids is 1. The number of hydrogen-bond acceptors (Lipinski definition) is 7. The summed E-state index contributed by atoms with van der Waals surface area (Å²) >= 11 is 0. The molecule has 1 amide bonds. The Morgan fingerprint density at radius 1 is 1.24 bits per heavy atom. The van der Waals surface area contributed by atoms with Gasteiger partial charge < -0.3 is 4.90 Å². The average molecular weight is 415 g/mol. The van der Waals surface area contributed by atoms with Gasteiger partial charge in [-0.05, 0) is 32.1 Å². The Labute approximate surface area is 167 Å². The molecule has 2 aliphatic rings. The standard InChI is InChI=1S/C18H21N7O3S/c1-29(27,28)14-8-19-18-20-10-21-25(18)16(14)11-4-3-7-24(9-11)17(26)15-12-5-2-6-13(12)22-23-15/h8,10-11H,2-7,9H2,1H3,(H,22,23)/t11-/m1/s1. The predicted octanol–water partition coefficient (Wildman–Crippen LogP) is 0.759. The number of piperidine rings is 1. The first-order valence-electron chi connectivity index (χ1n) is 9.67. The third-order valence-corrected chi connectivity index (χ3v) is 6.92. The number of sulfone groups is 1. The summed E-state index contributed by atoms with van der Waals surface area (Å²) in [5.74, 6) is 0.0662. The zero-order valence-corrected chi connectivity index (χ0v) is 16.8. The Morgan fingerprint density at radius 3 is 2.93 bits per heavy atom. The smallest absolute Gasteiger partial charge is 0.274 e. The van der Waals surface area contributed by atoms with Gasteiger partial charge in [0, 0.05) is 36.5 Å². The highest BCUT2D eigenvalue weighted by Crippen LogP contribution is 2.32. The Hall–Kier alpha value is -2.82. The van der Waals surface area contributed by atoms with Crippen LogP contribution in [-0.2, 0) is 22.7 Å². The molecule has 0 bridgehead atoms. The summed E-state index contributed by atoms with van der Waals surface area (Å²) < 4.78 is 26.3. The number of aromatic nitrogens is 6. The van der Waals surface area contributed by atoms with E-state index in [-0.39, 0.29) is 16.7 Å². The molecule has 29 heavy (non-hydrogen) atoms. The topological polar surface area (TPSA) is 126 Å². The quantitative estimate of drug-likeness (QED) is 0.669. The van der Waals surface area contributed by atoms with E-state index in [1.165, 1.54) is 17.0 Å². The second kappa shape index (κ2) is 6.61. The number of fused-ring (bicyclic) bond motifs is 2. The minimum absolute atomic E-state index is 0.0982. The third-order valence-electron chi connectivity index (χ3n) is 5.81. The van der Waals surface area contributed by atoms with Crippen LogP contribution >= 0.6 is 0 Å². The van der Waals surface area contributed by atoms with Gasteiger partial charge in [-0.2, -0.15) is 19.7 Å². The number of hydrogen-bond donors (Lipinski definition) is 1. The second-order valence-electron chi connectivity index (χ2n) is 7.72. The van der Waals surface area contributed by atoms with Crippen LogP contribution in [-0.4, -0.2) is 68.3 Å². The van der Waals surface area contributed by atoms with Crippen LogP contribution in [0.2, 0.25) is 0 Å². The highest BCUT2D eigenvalue weighted by Gasteiger charge is 2.33. The van der Waals surface area contributed by atoms with Crippen LogP contribution in [0.1, 0.15) is 52.6 Å². The van der Waals surface area contributed by atoms with Crippen LogP contribution < -0.4 is 0 Å². The summed E-state index contributed by atoms with van der Waals surface area (Å²) in [5.41, 5.74) is 3.12. The lowest BCUT2D eigenvalue weighted by Gasteiger charge is -2.33. The van der Waals surface area contributed by atoms with E-state index in [9.17, 15) is 13.2 Å². The fourth-order valence-electron chi connectivity index (χ4n) is 4.47. The summed E-state index contributed by atoms with van der Waals surface area (Å²) in [6.07, 6.45) is 8.21. The van der Waals surface area contributed by atoms with Crippen molar-refractivity contribution in [3.05, 3.63) is 35.2 Å². The predicted molar refractivity (Wildman–Crippen MR) is 102 cm³/mol. The van der Waals surface area contributed by atoms with Crippen LogP contribution in [0.25, 0.3) is 5.78 Å². The lowest BCUT2D eigenvalue weighted by atomic mass is 9.94. The summed E-state index contributed by atoms with van der Waals surface area (Å²) in [7, 11) is -3.51. The molecule has 1 saturated heterocycles. The van der Waals surface area contributed by atoms with E-state index in [1.807, 2.05) is 0 Å². The normalized spacial score (nSPS) is 19.6. The lowest BCUT2D eigenvalue weighted by Crippen LogP contribution is -2.40. The summed E-state index contributed by atoms with van der Waals surface area (Å²) in [6, 6.07) is 0. The molecular weight excluding hydrogens is 394 g/mol. The fraction of sp³-hybridized carbons (Fsp3) is 0.500. The molecule has 1 atom stereocenters.